The summed E-state index contributed by atoms with van der Waals surface area (Å²) in [5.74, 6) is 2.20. The molecule has 1 aliphatic rings. The molecule has 0 aliphatic carbocycles. The first-order valence-corrected chi connectivity index (χ1v) is 14.7. The fourth-order valence-corrected chi connectivity index (χ4v) is 5.58. The van der Waals surface area contributed by atoms with Crippen LogP contribution >= 0.6 is 0 Å². The molecule has 0 radical (unpaired) electrons. The average Bonchev–Trinajstić information content (AvgIpc) is 2.94. The fourth-order valence-electron chi connectivity index (χ4n) is 5.58. The van der Waals surface area contributed by atoms with Crippen LogP contribution in [0.3, 0.4) is 0 Å². The predicted octanol–water partition coefficient (Wildman–Crippen LogP) is 8.45. The monoisotopic (exact) mass is 552 g/mol. The highest BCUT2D eigenvalue weighted by atomic mass is 19.1. The number of benzene rings is 2. The van der Waals surface area contributed by atoms with Crippen LogP contribution in [0.1, 0.15) is 56.0 Å². The molecule has 0 atom stereocenters. The molecule has 2 aromatic carbocycles. The van der Waals surface area contributed by atoms with Gasteiger partial charge >= 0.3 is 0 Å². The lowest BCUT2D eigenvalue weighted by molar-refractivity contribution is 0.279. The number of piperidine rings is 1. The minimum Gasteiger partial charge on any atom is -0.493 e. The highest BCUT2D eigenvalue weighted by Gasteiger charge is 2.30. The van der Waals surface area contributed by atoms with Gasteiger partial charge in [0.15, 0.2) is 0 Å². The standard InChI is InChI=1S/C35H41FN4O/c1-6-30-25(3)38-34(39-31-23-24(2)15-19-37-31)32(33(30)40-20-17-35(4,5)18-21-40)27-9-13-29(14-10-27)41-22-16-26-7-11-28(36)12-8-26/h7-15,19,23H,6,16-18,20-22H2,1-5H3,(H,37,38,39). The molecule has 1 N–H and O–H groups in total. The zero-order valence-electron chi connectivity index (χ0n) is 24.9. The third-order valence-corrected chi connectivity index (χ3v) is 8.14. The first-order chi connectivity index (χ1) is 19.7. The van der Waals surface area contributed by atoms with Crippen LogP contribution in [0.15, 0.2) is 66.9 Å². The lowest BCUT2D eigenvalue weighted by Crippen LogP contribution is -2.38. The van der Waals surface area contributed by atoms with E-state index in [1.165, 1.54) is 23.4 Å². The smallest absolute Gasteiger partial charge is 0.141 e. The summed E-state index contributed by atoms with van der Waals surface area (Å²) < 4.78 is 19.3. The molecular formula is C35H41FN4O. The van der Waals surface area contributed by atoms with E-state index in [-0.39, 0.29) is 5.82 Å². The van der Waals surface area contributed by atoms with Crippen LogP contribution in [-0.2, 0) is 12.8 Å². The van der Waals surface area contributed by atoms with Gasteiger partial charge in [0, 0.05) is 37.0 Å². The largest absolute Gasteiger partial charge is 0.493 e. The summed E-state index contributed by atoms with van der Waals surface area (Å²) in [5, 5.41) is 3.56. The average molecular weight is 553 g/mol. The first kappa shape index (κ1) is 28.6. The Morgan fingerprint density at radius 2 is 1.68 bits per heavy atom. The number of nitrogens with one attached hydrogen (secondary N) is 1. The van der Waals surface area contributed by atoms with Gasteiger partial charge in [-0.25, -0.2) is 14.4 Å². The predicted molar refractivity (Wildman–Crippen MR) is 167 cm³/mol. The van der Waals surface area contributed by atoms with Crippen molar-refractivity contribution in [2.24, 2.45) is 5.41 Å². The maximum Gasteiger partial charge on any atom is 0.141 e. The normalized spacial score (nSPS) is 14.6. The maximum absolute atomic E-state index is 13.2. The van der Waals surface area contributed by atoms with Gasteiger partial charge in [0.1, 0.15) is 23.2 Å². The summed E-state index contributed by atoms with van der Waals surface area (Å²) in [6.45, 7) is 13.7. The van der Waals surface area contributed by atoms with Gasteiger partial charge in [-0.1, -0.05) is 45.0 Å². The van der Waals surface area contributed by atoms with Crippen molar-refractivity contribution in [3.05, 3.63) is 95.1 Å². The van der Waals surface area contributed by atoms with Crippen LogP contribution in [0.2, 0.25) is 0 Å². The number of anilines is 3. The number of hydrogen-bond acceptors (Lipinski definition) is 5. The van der Waals surface area contributed by atoms with Gasteiger partial charge in [0.2, 0.25) is 0 Å². The molecule has 0 unspecified atom stereocenters. The minimum atomic E-state index is -0.221. The Bertz CT molecular complexity index is 1470. The van der Waals surface area contributed by atoms with Gasteiger partial charge in [-0.2, -0.15) is 0 Å². The summed E-state index contributed by atoms with van der Waals surface area (Å²) in [5.41, 5.74) is 8.36. The van der Waals surface area contributed by atoms with E-state index in [0.29, 0.717) is 12.0 Å². The van der Waals surface area contributed by atoms with Crippen molar-refractivity contribution in [2.75, 3.05) is 29.9 Å². The third-order valence-electron chi connectivity index (χ3n) is 8.14. The molecule has 0 spiro atoms. The number of halogens is 1. The highest BCUT2D eigenvalue weighted by molar-refractivity contribution is 5.91. The molecule has 1 fully saturated rings. The number of hydrogen-bond donors (Lipinski definition) is 1. The Balaban J connectivity index is 1.49. The fraction of sp³-hybridized carbons (Fsp3) is 0.371. The Labute approximate surface area is 243 Å². The second-order valence-electron chi connectivity index (χ2n) is 11.8. The van der Waals surface area contributed by atoms with Crippen LogP contribution in [0.25, 0.3) is 11.1 Å². The van der Waals surface area contributed by atoms with Gasteiger partial charge in [-0.05, 0) is 97.2 Å². The number of pyridine rings is 2. The van der Waals surface area contributed by atoms with Crippen molar-refractivity contribution in [2.45, 2.75) is 60.3 Å². The van der Waals surface area contributed by atoms with E-state index in [1.54, 1.807) is 12.1 Å². The SMILES string of the molecule is CCc1c(C)nc(Nc2cc(C)ccn2)c(-c2ccc(OCCc3ccc(F)cc3)cc2)c1N1CCC(C)(C)CC1. The van der Waals surface area contributed by atoms with Crippen molar-refractivity contribution in [1.82, 2.24) is 9.97 Å². The van der Waals surface area contributed by atoms with Gasteiger partial charge in [-0.15, -0.1) is 0 Å². The van der Waals surface area contributed by atoms with Crippen molar-refractivity contribution < 1.29 is 9.13 Å². The summed E-state index contributed by atoms with van der Waals surface area (Å²) in [6.07, 6.45) is 5.77. The maximum atomic E-state index is 13.2. The topological polar surface area (TPSA) is 50.3 Å². The number of ether oxygens (including phenoxy) is 1. The van der Waals surface area contributed by atoms with Gasteiger partial charge in [-0.3, -0.25) is 0 Å². The minimum absolute atomic E-state index is 0.221. The van der Waals surface area contributed by atoms with Crippen molar-refractivity contribution in [3.63, 3.8) is 0 Å². The van der Waals surface area contributed by atoms with Crippen LogP contribution in [0.5, 0.6) is 5.75 Å². The Morgan fingerprint density at radius 3 is 2.34 bits per heavy atom. The van der Waals surface area contributed by atoms with E-state index < -0.39 is 0 Å². The van der Waals surface area contributed by atoms with Crippen LogP contribution in [0.4, 0.5) is 21.7 Å². The Kier molecular flexibility index (Phi) is 8.57. The molecule has 1 aliphatic heterocycles. The van der Waals surface area contributed by atoms with Crippen molar-refractivity contribution in [1.29, 1.82) is 0 Å². The zero-order valence-corrected chi connectivity index (χ0v) is 24.9. The molecule has 41 heavy (non-hydrogen) atoms. The molecule has 0 saturated carbocycles. The lowest BCUT2D eigenvalue weighted by atomic mass is 9.82. The number of aromatic nitrogens is 2. The Morgan fingerprint density at radius 1 is 0.976 bits per heavy atom. The van der Waals surface area contributed by atoms with Gasteiger partial charge < -0.3 is 15.0 Å². The van der Waals surface area contributed by atoms with E-state index >= 15 is 0 Å². The van der Waals surface area contributed by atoms with Crippen LogP contribution < -0.4 is 15.0 Å². The summed E-state index contributed by atoms with van der Waals surface area (Å²) in [7, 11) is 0. The molecule has 1 saturated heterocycles. The van der Waals surface area contributed by atoms with Crippen molar-refractivity contribution >= 4 is 17.3 Å². The molecule has 3 heterocycles. The van der Waals surface area contributed by atoms with Crippen LogP contribution in [0, 0.1) is 25.1 Å². The molecule has 0 amide bonds. The lowest BCUT2D eigenvalue weighted by Gasteiger charge is -2.40. The van der Waals surface area contributed by atoms with E-state index in [2.05, 4.69) is 68.0 Å². The molecule has 0 bridgehead atoms. The van der Waals surface area contributed by atoms with E-state index in [0.717, 1.165) is 84.1 Å². The second kappa shape index (κ2) is 12.3. The first-order valence-electron chi connectivity index (χ1n) is 14.7. The second-order valence-corrected chi connectivity index (χ2v) is 11.8. The summed E-state index contributed by atoms with van der Waals surface area (Å²) >= 11 is 0. The molecule has 6 heteroatoms. The summed E-state index contributed by atoms with van der Waals surface area (Å²) in [6, 6.07) is 19.0. The van der Waals surface area contributed by atoms with Crippen LogP contribution in [-0.4, -0.2) is 29.7 Å². The molecule has 2 aromatic heterocycles. The van der Waals surface area contributed by atoms with Gasteiger partial charge in [0.25, 0.3) is 0 Å². The zero-order chi connectivity index (χ0) is 29.0. The van der Waals surface area contributed by atoms with Crippen molar-refractivity contribution in [3.8, 4) is 16.9 Å². The third kappa shape index (κ3) is 6.87. The van der Waals surface area contributed by atoms with E-state index in [9.17, 15) is 4.39 Å². The molecule has 5 nitrogen and oxygen atoms in total. The highest BCUT2D eigenvalue weighted by Crippen LogP contribution is 2.44. The molecule has 5 rings (SSSR count). The summed E-state index contributed by atoms with van der Waals surface area (Å²) in [4.78, 5) is 12.2. The van der Waals surface area contributed by atoms with E-state index in [1.807, 2.05) is 24.4 Å². The number of aryl methyl sites for hydroxylation is 2. The van der Waals surface area contributed by atoms with E-state index in [4.69, 9.17) is 9.72 Å². The molecule has 4 aromatic rings. The number of rotatable bonds is 9. The Hall–Kier alpha value is -3.93. The quantitative estimate of drug-likeness (QED) is 0.226. The van der Waals surface area contributed by atoms with Gasteiger partial charge in [0.05, 0.1) is 12.3 Å². The molecule has 214 valence electrons. The number of nitrogens with zero attached hydrogens (tertiary/aromatic N) is 3. The molecular weight excluding hydrogens is 511 g/mol.